The fourth-order valence-electron chi connectivity index (χ4n) is 3.15. The number of benzene rings is 2. The number of hydrogen-bond donors (Lipinski definition) is 1. The molecule has 5 nitrogen and oxygen atoms in total. The molecule has 1 aliphatic rings. The summed E-state index contributed by atoms with van der Waals surface area (Å²) in [6.07, 6.45) is 3.16. The van der Waals surface area contributed by atoms with Crippen molar-refractivity contribution >= 4 is 34.0 Å². The van der Waals surface area contributed by atoms with Crippen molar-refractivity contribution in [3.63, 3.8) is 0 Å². The molecule has 0 saturated carbocycles. The minimum absolute atomic E-state index is 0.122. The summed E-state index contributed by atoms with van der Waals surface area (Å²) < 4.78 is 5.64. The van der Waals surface area contributed by atoms with Crippen molar-refractivity contribution in [3.8, 4) is 5.75 Å². The predicted octanol–water partition coefficient (Wildman–Crippen LogP) is 3.74. The maximum Gasteiger partial charge on any atom is 0.144 e. The van der Waals surface area contributed by atoms with Gasteiger partial charge in [0.25, 0.3) is 0 Å². The molecule has 2 aromatic carbocycles. The smallest absolute Gasteiger partial charge is 0.144 e. The van der Waals surface area contributed by atoms with E-state index >= 15 is 0 Å². The molecule has 0 aliphatic carbocycles. The standard InChI is InChI=1S/C19H18ClN3O2/c20-14-3-2-13-6-7-23(18(13)10-14)19-16-5-4-15(25-9-1-8-24)11-17(16)21-12-22-19/h2-5,10-12,24H,1,6-9H2. The predicted molar refractivity (Wildman–Crippen MR) is 98.9 cm³/mol. The summed E-state index contributed by atoms with van der Waals surface area (Å²) in [6.45, 7) is 1.48. The van der Waals surface area contributed by atoms with E-state index in [2.05, 4.69) is 20.9 Å². The summed E-state index contributed by atoms with van der Waals surface area (Å²) in [6, 6.07) is 11.8. The minimum atomic E-state index is 0.122. The van der Waals surface area contributed by atoms with E-state index in [4.69, 9.17) is 21.4 Å². The first-order valence-electron chi connectivity index (χ1n) is 8.30. The first-order chi connectivity index (χ1) is 12.3. The zero-order valence-electron chi connectivity index (χ0n) is 13.7. The zero-order valence-corrected chi connectivity index (χ0v) is 14.4. The van der Waals surface area contributed by atoms with Gasteiger partial charge in [0.2, 0.25) is 0 Å². The van der Waals surface area contributed by atoms with Gasteiger partial charge in [0, 0.05) is 41.7 Å². The van der Waals surface area contributed by atoms with Crippen molar-refractivity contribution < 1.29 is 9.84 Å². The minimum Gasteiger partial charge on any atom is -0.493 e. The van der Waals surface area contributed by atoms with E-state index in [1.165, 1.54) is 5.56 Å². The molecule has 2 heterocycles. The molecule has 0 amide bonds. The summed E-state index contributed by atoms with van der Waals surface area (Å²) in [5.74, 6) is 1.63. The van der Waals surface area contributed by atoms with Gasteiger partial charge >= 0.3 is 0 Å². The fourth-order valence-corrected chi connectivity index (χ4v) is 3.32. The van der Waals surface area contributed by atoms with Gasteiger partial charge in [-0.15, -0.1) is 0 Å². The third-order valence-corrected chi connectivity index (χ3v) is 4.59. The van der Waals surface area contributed by atoms with Gasteiger partial charge in [0.1, 0.15) is 17.9 Å². The lowest BCUT2D eigenvalue weighted by atomic mass is 10.1. The molecular formula is C19H18ClN3O2. The third-order valence-electron chi connectivity index (χ3n) is 4.36. The molecule has 4 rings (SSSR count). The van der Waals surface area contributed by atoms with E-state index in [0.29, 0.717) is 13.0 Å². The molecule has 0 saturated heterocycles. The number of aliphatic hydroxyl groups excluding tert-OH is 1. The van der Waals surface area contributed by atoms with E-state index in [-0.39, 0.29) is 6.61 Å². The van der Waals surface area contributed by atoms with Crippen LogP contribution in [0.25, 0.3) is 10.9 Å². The molecule has 128 valence electrons. The number of aromatic nitrogens is 2. The molecule has 3 aromatic rings. The van der Waals surface area contributed by atoms with E-state index in [9.17, 15) is 0 Å². The highest BCUT2D eigenvalue weighted by atomic mass is 35.5. The molecule has 25 heavy (non-hydrogen) atoms. The van der Waals surface area contributed by atoms with Crippen LogP contribution in [0.5, 0.6) is 5.75 Å². The van der Waals surface area contributed by atoms with E-state index in [1.54, 1.807) is 6.33 Å². The third kappa shape index (κ3) is 3.13. The highest BCUT2D eigenvalue weighted by Gasteiger charge is 2.23. The Morgan fingerprint density at radius 1 is 1.16 bits per heavy atom. The molecule has 1 aromatic heterocycles. The maximum atomic E-state index is 8.86. The number of aliphatic hydroxyl groups is 1. The molecule has 0 unspecified atom stereocenters. The Morgan fingerprint density at radius 3 is 2.96 bits per heavy atom. The van der Waals surface area contributed by atoms with Crippen molar-refractivity contribution in [1.29, 1.82) is 0 Å². The van der Waals surface area contributed by atoms with Crippen LogP contribution in [0.3, 0.4) is 0 Å². The average Bonchev–Trinajstić information content (AvgIpc) is 3.04. The van der Waals surface area contributed by atoms with Gasteiger partial charge in [0.05, 0.1) is 12.1 Å². The largest absolute Gasteiger partial charge is 0.493 e. The van der Waals surface area contributed by atoms with Crippen LogP contribution in [-0.4, -0.2) is 34.8 Å². The number of fused-ring (bicyclic) bond motifs is 2. The van der Waals surface area contributed by atoms with Crippen LogP contribution in [0.1, 0.15) is 12.0 Å². The normalized spacial score (nSPS) is 13.3. The fraction of sp³-hybridized carbons (Fsp3) is 0.263. The van der Waals surface area contributed by atoms with Gasteiger partial charge in [-0.1, -0.05) is 17.7 Å². The summed E-state index contributed by atoms with van der Waals surface area (Å²) in [5.41, 5.74) is 3.22. The van der Waals surface area contributed by atoms with Crippen LogP contribution >= 0.6 is 11.6 Å². The van der Waals surface area contributed by atoms with Crippen LogP contribution in [0.15, 0.2) is 42.7 Å². The number of hydrogen-bond acceptors (Lipinski definition) is 5. The number of halogens is 1. The van der Waals surface area contributed by atoms with Crippen LogP contribution < -0.4 is 9.64 Å². The number of anilines is 2. The van der Waals surface area contributed by atoms with Crippen LogP contribution in [0.4, 0.5) is 11.5 Å². The lowest BCUT2D eigenvalue weighted by Crippen LogP contribution is -2.15. The summed E-state index contributed by atoms with van der Waals surface area (Å²) in [5, 5.41) is 10.6. The molecule has 0 bridgehead atoms. The number of ether oxygens (including phenoxy) is 1. The van der Waals surface area contributed by atoms with Gasteiger partial charge in [-0.2, -0.15) is 0 Å². The van der Waals surface area contributed by atoms with Gasteiger partial charge in [-0.05, 0) is 36.2 Å². The number of nitrogens with zero attached hydrogens (tertiary/aromatic N) is 3. The van der Waals surface area contributed by atoms with E-state index in [0.717, 1.165) is 46.1 Å². The van der Waals surface area contributed by atoms with Gasteiger partial charge in [0.15, 0.2) is 0 Å². The monoisotopic (exact) mass is 355 g/mol. The van der Waals surface area contributed by atoms with Crippen LogP contribution in [0, 0.1) is 0 Å². The topological polar surface area (TPSA) is 58.5 Å². The first-order valence-corrected chi connectivity index (χ1v) is 8.68. The summed E-state index contributed by atoms with van der Waals surface area (Å²) in [4.78, 5) is 11.1. The second-order valence-electron chi connectivity index (χ2n) is 5.98. The van der Waals surface area contributed by atoms with Crippen molar-refractivity contribution in [2.24, 2.45) is 0 Å². The second kappa shape index (κ2) is 6.86. The second-order valence-corrected chi connectivity index (χ2v) is 6.41. The number of rotatable bonds is 5. The highest BCUT2D eigenvalue weighted by Crippen LogP contribution is 2.38. The SMILES string of the molecule is OCCCOc1ccc2c(N3CCc4ccc(Cl)cc43)ncnc2c1. The molecule has 1 aliphatic heterocycles. The maximum absolute atomic E-state index is 8.86. The van der Waals surface area contributed by atoms with Crippen LogP contribution in [0.2, 0.25) is 5.02 Å². The quantitative estimate of drug-likeness (QED) is 0.706. The van der Waals surface area contributed by atoms with Crippen molar-refractivity contribution in [1.82, 2.24) is 9.97 Å². The highest BCUT2D eigenvalue weighted by molar-refractivity contribution is 6.31. The summed E-state index contributed by atoms with van der Waals surface area (Å²) >= 11 is 6.18. The molecular weight excluding hydrogens is 338 g/mol. The first kappa shape index (κ1) is 16.1. The molecule has 6 heteroatoms. The van der Waals surface area contributed by atoms with Gasteiger partial charge < -0.3 is 14.7 Å². The lowest BCUT2D eigenvalue weighted by molar-refractivity contribution is 0.233. The van der Waals surface area contributed by atoms with Crippen molar-refractivity contribution in [2.75, 3.05) is 24.7 Å². The Hall–Kier alpha value is -2.37. The Bertz CT molecular complexity index is 916. The zero-order chi connectivity index (χ0) is 17.2. The molecule has 0 spiro atoms. The van der Waals surface area contributed by atoms with Crippen molar-refractivity contribution in [2.45, 2.75) is 12.8 Å². The average molecular weight is 356 g/mol. The lowest BCUT2D eigenvalue weighted by Gasteiger charge is -2.20. The Morgan fingerprint density at radius 2 is 2.08 bits per heavy atom. The molecule has 0 radical (unpaired) electrons. The Labute approximate surface area is 150 Å². The molecule has 0 fully saturated rings. The molecule has 0 atom stereocenters. The Kier molecular flexibility index (Phi) is 4.42. The van der Waals surface area contributed by atoms with E-state index in [1.807, 2.05) is 30.3 Å². The molecule has 1 N–H and O–H groups in total. The van der Waals surface area contributed by atoms with Crippen LogP contribution in [-0.2, 0) is 6.42 Å². The van der Waals surface area contributed by atoms with E-state index < -0.39 is 0 Å². The van der Waals surface area contributed by atoms with Crippen molar-refractivity contribution in [3.05, 3.63) is 53.3 Å². The Balaban J connectivity index is 1.71. The van der Waals surface area contributed by atoms with Gasteiger partial charge in [-0.25, -0.2) is 9.97 Å². The van der Waals surface area contributed by atoms with Gasteiger partial charge in [-0.3, -0.25) is 0 Å². The summed E-state index contributed by atoms with van der Waals surface area (Å²) in [7, 11) is 0.